The van der Waals surface area contributed by atoms with E-state index in [-0.39, 0.29) is 11.9 Å². The maximum Gasteiger partial charge on any atom is 0.333 e. The van der Waals surface area contributed by atoms with Gasteiger partial charge in [0, 0.05) is 6.42 Å². The first-order valence-corrected chi connectivity index (χ1v) is 6.31. The minimum atomic E-state index is -0.921. The van der Waals surface area contributed by atoms with Crippen molar-refractivity contribution in [1.82, 2.24) is 0 Å². The minimum Gasteiger partial charge on any atom is -0.508 e. The first kappa shape index (κ1) is 12.9. The molecule has 2 rings (SSSR count). The predicted molar refractivity (Wildman–Crippen MR) is 66.6 cm³/mol. The van der Waals surface area contributed by atoms with Crippen molar-refractivity contribution in [3.05, 3.63) is 29.8 Å². The Morgan fingerprint density at radius 2 is 1.89 bits per heavy atom. The number of carbonyl (C=O) groups is 1. The molecule has 4 heteroatoms. The van der Waals surface area contributed by atoms with E-state index in [1.807, 2.05) is 0 Å². The van der Waals surface area contributed by atoms with E-state index in [1.165, 1.54) is 0 Å². The Kier molecular flexibility index (Phi) is 4.20. The van der Waals surface area contributed by atoms with Crippen molar-refractivity contribution in [2.75, 3.05) is 0 Å². The van der Waals surface area contributed by atoms with Crippen molar-refractivity contribution in [2.24, 2.45) is 0 Å². The molecule has 2 N–H and O–H groups in total. The molecule has 1 atom stereocenters. The van der Waals surface area contributed by atoms with Crippen molar-refractivity contribution in [3.8, 4) is 5.75 Å². The van der Waals surface area contributed by atoms with Gasteiger partial charge in [0.2, 0.25) is 0 Å². The fourth-order valence-corrected chi connectivity index (χ4v) is 2.30. The fourth-order valence-electron chi connectivity index (χ4n) is 2.30. The van der Waals surface area contributed by atoms with E-state index in [4.69, 9.17) is 4.74 Å². The maximum atomic E-state index is 11.2. The molecule has 1 aromatic carbocycles. The monoisotopic (exact) mass is 250 g/mol. The molecule has 0 bridgehead atoms. The molecule has 18 heavy (non-hydrogen) atoms. The number of hydrogen-bond acceptors (Lipinski definition) is 3. The van der Waals surface area contributed by atoms with Crippen molar-refractivity contribution in [2.45, 2.75) is 44.3 Å². The van der Waals surface area contributed by atoms with E-state index in [1.54, 1.807) is 24.3 Å². The van der Waals surface area contributed by atoms with Crippen molar-refractivity contribution in [1.29, 1.82) is 0 Å². The first-order valence-electron chi connectivity index (χ1n) is 6.31. The summed E-state index contributed by atoms with van der Waals surface area (Å²) in [7, 11) is 0. The lowest BCUT2D eigenvalue weighted by atomic mass is 10.1. The summed E-state index contributed by atoms with van der Waals surface area (Å²) < 4.78 is 5.64. The Labute approximate surface area is 106 Å². The van der Waals surface area contributed by atoms with Gasteiger partial charge in [-0.05, 0) is 30.5 Å². The molecule has 0 amide bonds. The van der Waals surface area contributed by atoms with Gasteiger partial charge in [-0.2, -0.15) is 0 Å². The SMILES string of the molecule is O=C(O)C(Cc1ccc(O)cc1)OC1CCCC1. The molecule has 0 aromatic heterocycles. The van der Waals surface area contributed by atoms with Crippen LogP contribution in [0.1, 0.15) is 31.2 Å². The number of benzene rings is 1. The van der Waals surface area contributed by atoms with Crippen LogP contribution < -0.4 is 0 Å². The van der Waals surface area contributed by atoms with Crippen LogP contribution >= 0.6 is 0 Å². The summed E-state index contributed by atoms with van der Waals surface area (Å²) in [4.78, 5) is 11.2. The molecule has 0 aliphatic heterocycles. The lowest BCUT2D eigenvalue weighted by molar-refractivity contribution is -0.154. The van der Waals surface area contributed by atoms with Gasteiger partial charge in [0.15, 0.2) is 6.10 Å². The predicted octanol–water partition coefficient (Wildman–Crippen LogP) is 2.35. The normalized spacial score (nSPS) is 17.8. The third kappa shape index (κ3) is 3.47. The van der Waals surface area contributed by atoms with E-state index in [0.717, 1.165) is 31.2 Å². The van der Waals surface area contributed by atoms with E-state index >= 15 is 0 Å². The molecule has 0 spiro atoms. The number of aromatic hydroxyl groups is 1. The Bertz CT molecular complexity index is 393. The van der Waals surface area contributed by atoms with Crippen molar-refractivity contribution >= 4 is 5.97 Å². The Morgan fingerprint density at radius 1 is 1.28 bits per heavy atom. The Hall–Kier alpha value is -1.55. The molecular weight excluding hydrogens is 232 g/mol. The van der Waals surface area contributed by atoms with Gasteiger partial charge in [0.1, 0.15) is 5.75 Å². The van der Waals surface area contributed by atoms with Crippen LogP contribution in [0.25, 0.3) is 0 Å². The maximum absolute atomic E-state index is 11.2. The molecule has 1 aliphatic carbocycles. The zero-order valence-electron chi connectivity index (χ0n) is 10.2. The van der Waals surface area contributed by atoms with E-state index in [0.29, 0.717) is 6.42 Å². The molecular formula is C14H18O4. The van der Waals surface area contributed by atoms with E-state index in [2.05, 4.69) is 0 Å². The zero-order chi connectivity index (χ0) is 13.0. The number of phenols is 1. The minimum absolute atomic E-state index is 0.0863. The smallest absolute Gasteiger partial charge is 0.333 e. The molecule has 98 valence electrons. The summed E-state index contributed by atoms with van der Waals surface area (Å²) in [6.45, 7) is 0. The highest BCUT2D eigenvalue weighted by molar-refractivity contribution is 5.72. The second-order valence-electron chi connectivity index (χ2n) is 4.74. The van der Waals surface area contributed by atoms with Gasteiger partial charge in [0.25, 0.3) is 0 Å². The fraction of sp³-hybridized carbons (Fsp3) is 0.500. The number of aliphatic carboxylic acids is 1. The summed E-state index contributed by atoms with van der Waals surface area (Å²) in [5.74, 6) is -0.739. The van der Waals surface area contributed by atoms with Gasteiger partial charge in [-0.25, -0.2) is 4.79 Å². The standard InChI is InChI=1S/C14H18O4/c15-11-7-5-10(6-8-11)9-13(14(16)17)18-12-3-1-2-4-12/h5-8,12-13,15H,1-4,9H2,(H,16,17). The second-order valence-corrected chi connectivity index (χ2v) is 4.74. The summed E-state index contributed by atoms with van der Waals surface area (Å²) in [5, 5.41) is 18.4. The topological polar surface area (TPSA) is 66.8 Å². The second kappa shape index (κ2) is 5.87. The van der Waals surface area contributed by atoms with Crippen LogP contribution in [0.3, 0.4) is 0 Å². The average Bonchev–Trinajstić information content (AvgIpc) is 2.84. The number of hydrogen-bond donors (Lipinski definition) is 2. The number of phenolic OH excluding ortho intramolecular Hbond substituents is 1. The molecule has 1 saturated carbocycles. The molecule has 0 heterocycles. The van der Waals surface area contributed by atoms with Crippen LogP contribution in [0, 0.1) is 0 Å². The molecule has 1 aromatic rings. The lowest BCUT2D eigenvalue weighted by Gasteiger charge is -2.18. The van der Waals surface area contributed by atoms with Gasteiger partial charge in [-0.15, -0.1) is 0 Å². The Morgan fingerprint density at radius 3 is 2.44 bits per heavy atom. The number of carboxylic acid groups (broad SMARTS) is 1. The van der Waals surface area contributed by atoms with Crippen LogP contribution in [-0.2, 0) is 16.0 Å². The number of rotatable bonds is 5. The summed E-state index contributed by atoms with van der Waals surface area (Å²) in [5.41, 5.74) is 0.859. The molecule has 0 saturated heterocycles. The highest BCUT2D eigenvalue weighted by Crippen LogP contribution is 2.23. The molecule has 1 unspecified atom stereocenters. The number of carboxylic acids is 1. The quantitative estimate of drug-likeness (QED) is 0.841. The van der Waals surface area contributed by atoms with E-state index < -0.39 is 12.1 Å². The van der Waals surface area contributed by atoms with Crippen LogP contribution in [0.2, 0.25) is 0 Å². The van der Waals surface area contributed by atoms with Gasteiger partial charge in [-0.3, -0.25) is 0 Å². The van der Waals surface area contributed by atoms with Crippen LogP contribution in [0.15, 0.2) is 24.3 Å². The summed E-state index contributed by atoms with van der Waals surface area (Å²) in [6, 6.07) is 6.57. The molecule has 4 nitrogen and oxygen atoms in total. The first-order chi connectivity index (χ1) is 8.65. The van der Waals surface area contributed by atoms with Crippen LogP contribution in [0.5, 0.6) is 5.75 Å². The summed E-state index contributed by atoms with van der Waals surface area (Å²) in [6.07, 6.45) is 3.79. The summed E-state index contributed by atoms with van der Waals surface area (Å²) >= 11 is 0. The number of ether oxygens (including phenoxy) is 1. The largest absolute Gasteiger partial charge is 0.508 e. The third-order valence-electron chi connectivity index (χ3n) is 3.29. The van der Waals surface area contributed by atoms with E-state index in [9.17, 15) is 15.0 Å². The zero-order valence-corrected chi connectivity index (χ0v) is 10.2. The molecule has 0 radical (unpaired) electrons. The third-order valence-corrected chi connectivity index (χ3v) is 3.29. The molecule has 1 fully saturated rings. The van der Waals surface area contributed by atoms with Gasteiger partial charge in [-0.1, -0.05) is 25.0 Å². The highest BCUT2D eigenvalue weighted by Gasteiger charge is 2.25. The van der Waals surface area contributed by atoms with Crippen molar-refractivity contribution in [3.63, 3.8) is 0 Å². The van der Waals surface area contributed by atoms with Crippen LogP contribution in [0.4, 0.5) is 0 Å². The average molecular weight is 250 g/mol. The van der Waals surface area contributed by atoms with Gasteiger partial charge in [0.05, 0.1) is 6.10 Å². The Balaban J connectivity index is 1.97. The van der Waals surface area contributed by atoms with Gasteiger partial charge >= 0.3 is 5.97 Å². The lowest BCUT2D eigenvalue weighted by Crippen LogP contribution is -2.30. The van der Waals surface area contributed by atoms with Crippen LogP contribution in [-0.4, -0.2) is 28.4 Å². The van der Waals surface area contributed by atoms with Crippen molar-refractivity contribution < 1.29 is 19.7 Å². The highest BCUT2D eigenvalue weighted by atomic mass is 16.5. The molecule has 1 aliphatic rings. The van der Waals surface area contributed by atoms with Gasteiger partial charge < -0.3 is 14.9 Å².